The number of aromatic nitrogens is 1. The molecule has 2 fully saturated rings. The van der Waals surface area contributed by atoms with Gasteiger partial charge < -0.3 is 14.4 Å². The molecule has 2 saturated heterocycles. The van der Waals surface area contributed by atoms with Gasteiger partial charge in [-0.25, -0.2) is 0 Å². The van der Waals surface area contributed by atoms with E-state index in [9.17, 15) is 13.6 Å². The molecule has 1 unspecified atom stereocenters. The van der Waals surface area contributed by atoms with Gasteiger partial charge in [0.1, 0.15) is 5.60 Å². The number of anilines is 1. The molecular weight excluding hydrogens is 380 g/mol. The molecular formula is C21H23F2N3O3. The molecule has 1 aromatic heterocycles. The van der Waals surface area contributed by atoms with Crippen LogP contribution in [0.1, 0.15) is 11.1 Å². The molecule has 2 aliphatic rings. The Morgan fingerprint density at radius 2 is 1.97 bits per heavy atom. The number of amides is 1. The molecule has 2 aromatic rings. The highest BCUT2D eigenvalue weighted by Crippen LogP contribution is 2.37. The number of aryl methyl sites for hydroxylation is 1. The smallest absolute Gasteiger partial charge is 0.377 e. The summed E-state index contributed by atoms with van der Waals surface area (Å²) in [7, 11) is 0. The van der Waals surface area contributed by atoms with Crippen LogP contribution in [0.4, 0.5) is 14.5 Å². The van der Waals surface area contributed by atoms with E-state index in [2.05, 4.69) is 4.98 Å². The van der Waals surface area contributed by atoms with E-state index < -0.39 is 17.6 Å². The summed E-state index contributed by atoms with van der Waals surface area (Å²) in [4.78, 5) is 19.6. The number of halogens is 2. The molecule has 0 radical (unpaired) electrons. The molecule has 4 rings (SSSR count). The molecule has 1 aromatic carbocycles. The number of hydrogen-bond acceptors (Lipinski definition) is 5. The normalized spacial score (nSPS) is 25.2. The van der Waals surface area contributed by atoms with Gasteiger partial charge in [0, 0.05) is 37.7 Å². The zero-order valence-corrected chi connectivity index (χ0v) is 16.2. The Bertz CT molecular complexity index is 880. The molecule has 29 heavy (non-hydrogen) atoms. The Morgan fingerprint density at radius 3 is 2.72 bits per heavy atom. The zero-order chi connectivity index (χ0) is 20.5. The Labute approximate surface area is 168 Å². The van der Waals surface area contributed by atoms with E-state index in [0.29, 0.717) is 25.4 Å². The molecule has 154 valence electrons. The van der Waals surface area contributed by atoms with Gasteiger partial charge in [0.15, 0.2) is 0 Å². The van der Waals surface area contributed by atoms with Gasteiger partial charge in [0.25, 0.3) is 0 Å². The van der Waals surface area contributed by atoms with Crippen LogP contribution < -0.4 is 4.90 Å². The maximum absolute atomic E-state index is 14.6. The summed E-state index contributed by atoms with van der Waals surface area (Å²) in [5.74, 6) is -1.35. The zero-order valence-electron chi connectivity index (χ0n) is 16.2. The Balaban J connectivity index is 1.62. The first-order valence-corrected chi connectivity index (χ1v) is 9.53. The van der Waals surface area contributed by atoms with Crippen LogP contribution in [0, 0.1) is 6.92 Å². The van der Waals surface area contributed by atoms with Crippen molar-refractivity contribution in [3.05, 3.63) is 59.9 Å². The van der Waals surface area contributed by atoms with Crippen LogP contribution in [0.3, 0.4) is 0 Å². The molecule has 0 N–H and O–H groups in total. The van der Waals surface area contributed by atoms with Gasteiger partial charge in [0.2, 0.25) is 0 Å². The van der Waals surface area contributed by atoms with Gasteiger partial charge >= 0.3 is 12.0 Å². The Hall–Kier alpha value is -2.42. The number of carbonyl (C=O) groups is 1. The van der Waals surface area contributed by atoms with Crippen LogP contribution in [-0.4, -0.2) is 60.3 Å². The summed E-state index contributed by atoms with van der Waals surface area (Å²) in [5, 5.41) is 0. The summed E-state index contributed by atoms with van der Waals surface area (Å²) in [6, 6.07) is 10.4. The van der Waals surface area contributed by atoms with Crippen LogP contribution in [0.5, 0.6) is 0 Å². The lowest BCUT2D eigenvalue weighted by Gasteiger charge is -2.45. The highest BCUT2D eigenvalue weighted by molar-refractivity contribution is 5.98. The SMILES string of the molecule is Cc1cnccc1CN1CCOCC2(C1)CN(c1ccccc1)C(=O)C(F)(F)O2. The van der Waals surface area contributed by atoms with E-state index in [1.165, 1.54) is 0 Å². The minimum absolute atomic E-state index is 0.00271. The van der Waals surface area contributed by atoms with Crippen LogP contribution in [0.15, 0.2) is 48.8 Å². The standard InChI is InChI=1S/C21H23F2N3O3/c1-16-11-24-8-7-17(16)12-25-9-10-28-15-20(13-25)14-26(18-5-3-2-4-6-18)19(27)21(22,23)29-20/h2-8,11H,9-10,12-15H2,1H3. The van der Waals surface area contributed by atoms with Crippen LogP contribution in [0.25, 0.3) is 0 Å². The number of benzene rings is 1. The van der Waals surface area contributed by atoms with Crippen molar-refractivity contribution >= 4 is 11.6 Å². The first kappa shape index (κ1) is 19.9. The van der Waals surface area contributed by atoms with Crippen LogP contribution >= 0.6 is 0 Å². The summed E-state index contributed by atoms with van der Waals surface area (Å²) >= 11 is 0. The monoisotopic (exact) mass is 403 g/mol. The number of nitrogens with zero attached hydrogens (tertiary/aromatic N) is 3. The molecule has 0 saturated carbocycles. The molecule has 8 heteroatoms. The molecule has 1 amide bonds. The molecule has 0 bridgehead atoms. The largest absolute Gasteiger partial charge is 0.437 e. The summed E-state index contributed by atoms with van der Waals surface area (Å²) in [6.45, 7) is 3.72. The van der Waals surface area contributed by atoms with Gasteiger partial charge in [-0.1, -0.05) is 18.2 Å². The Kier molecular flexibility index (Phi) is 5.33. The van der Waals surface area contributed by atoms with E-state index in [1.807, 2.05) is 17.9 Å². The number of carbonyl (C=O) groups excluding carboxylic acids is 1. The second kappa shape index (κ2) is 7.78. The van der Waals surface area contributed by atoms with Crippen molar-refractivity contribution in [2.24, 2.45) is 0 Å². The third kappa shape index (κ3) is 4.14. The fraction of sp³-hybridized carbons (Fsp3) is 0.429. The molecule has 1 spiro atoms. The van der Waals surface area contributed by atoms with Crippen molar-refractivity contribution in [3.63, 3.8) is 0 Å². The molecule has 6 nitrogen and oxygen atoms in total. The highest BCUT2D eigenvalue weighted by atomic mass is 19.3. The van der Waals surface area contributed by atoms with Gasteiger partial charge in [0.05, 0.1) is 19.8 Å². The third-order valence-electron chi connectivity index (χ3n) is 5.31. The van der Waals surface area contributed by atoms with Gasteiger partial charge in [-0.2, -0.15) is 8.78 Å². The van der Waals surface area contributed by atoms with E-state index in [-0.39, 0.29) is 19.7 Å². The summed E-state index contributed by atoms with van der Waals surface area (Å²) < 4.78 is 40.0. The second-order valence-electron chi connectivity index (χ2n) is 7.59. The maximum atomic E-state index is 14.6. The molecule has 2 aliphatic heterocycles. The first-order chi connectivity index (χ1) is 13.9. The number of morpholine rings is 1. The number of alkyl halides is 2. The van der Waals surface area contributed by atoms with Crippen molar-refractivity contribution < 1.29 is 23.0 Å². The number of pyridine rings is 1. The topological polar surface area (TPSA) is 54.9 Å². The lowest BCUT2D eigenvalue weighted by Crippen LogP contribution is -2.66. The minimum atomic E-state index is -3.92. The van der Waals surface area contributed by atoms with Crippen molar-refractivity contribution in [2.75, 3.05) is 37.7 Å². The van der Waals surface area contributed by atoms with Crippen molar-refractivity contribution in [1.82, 2.24) is 9.88 Å². The van der Waals surface area contributed by atoms with Crippen LogP contribution in [-0.2, 0) is 20.8 Å². The second-order valence-corrected chi connectivity index (χ2v) is 7.59. The van der Waals surface area contributed by atoms with Crippen molar-refractivity contribution in [2.45, 2.75) is 25.2 Å². The molecule has 0 aliphatic carbocycles. The van der Waals surface area contributed by atoms with Gasteiger partial charge in [-0.05, 0) is 36.2 Å². The lowest BCUT2D eigenvalue weighted by molar-refractivity contribution is -0.294. The number of ether oxygens (including phenoxy) is 2. The van der Waals surface area contributed by atoms with Gasteiger partial charge in [-0.3, -0.25) is 14.7 Å². The predicted octanol–water partition coefficient (Wildman–Crippen LogP) is 2.62. The number of para-hydroxylation sites is 1. The third-order valence-corrected chi connectivity index (χ3v) is 5.31. The van der Waals surface area contributed by atoms with E-state index >= 15 is 0 Å². The van der Waals surface area contributed by atoms with Gasteiger partial charge in [-0.15, -0.1) is 0 Å². The molecule has 1 atom stereocenters. The Morgan fingerprint density at radius 1 is 1.17 bits per heavy atom. The summed E-state index contributed by atoms with van der Waals surface area (Å²) in [6.07, 6.45) is -0.423. The number of rotatable bonds is 3. The average molecular weight is 403 g/mol. The quantitative estimate of drug-likeness (QED) is 0.789. The highest BCUT2D eigenvalue weighted by Gasteiger charge is 2.58. The predicted molar refractivity (Wildman–Crippen MR) is 103 cm³/mol. The lowest BCUT2D eigenvalue weighted by atomic mass is 9.99. The van der Waals surface area contributed by atoms with E-state index in [0.717, 1.165) is 16.0 Å². The van der Waals surface area contributed by atoms with E-state index in [4.69, 9.17) is 9.47 Å². The fourth-order valence-corrected chi connectivity index (χ4v) is 3.88. The van der Waals surface area contributed by atoms with E-state index in [1.54, 1.807) is 42.7 Å². The summed E-state index contributed by atoms with van der Waals surface area (Å²) in [5.41, 5.74) is 1.18. The van der Waals surface area contributed by atoms with Crippen molar-refractivity contribution in [1.29, 1.82) is 0 Å². The number of hydrogen-bond donors (Lipinski definition) is 0. The minimum Gasteiger partial charge on any atom is -0.377 e. The van der Waals surface area contributed by atoms with Crippen molar-refractivity contribution in [3.8, 4) is 0 Å². The first-order valence-electron chi connectivity index (χ1n) is 9.53. The molecule has 3 heterocycles. The average Bonchev–Trinajstić information content (AvgIpc) is 2.89. The maximum Gasteiger partial charge on any atom is 0.437 e. The fourth-order valence-electron chi connectivity index (χ4n) is 3.88. The van der Waals surface area contributed by atoms with Crippen LogP contribution in [0.2, 0.25) is 0 Å².